The molecule has 0 aliphatic rings. The van der Waals surface area contributed by atoms with Crippen LogP contribution in [-0.2, 0) is 4.79 Å². The predicted octanol–water partition coefficient (Wildman–Crippen LogP) is 6.73. The Morgan fingerprint density at radius 2 is 1.28 bits per heavy atom. The molecule has 0 aliphatic carbocycles. The van der Waals surface area contributed by atoms with Crippen molar-refractivity contribution < 1.29 is 9.59 Å². The summed E-state index contributed by atoms with van der Waals surface area (Å²) in [4.78, 5) is 24.1. The van der Waals surface area contributed by atoms with Crippen molar-refractivity contribution in [1.82, 2.24) is 10.6 Å². The van der Waals surface area contributed by atoms with Gasteiger partial charge in [-0.15, -0.1) is 0 Å². The second-order valence-electron chi connectivity index (χ2n) is 8.47. The van der Waals surface area contributed by atoms with E-state index in [9.17, 15) is 9.59 Å². The third-order valence-corrected chi connectivity index (χ3v) is 5.69. The normalized spacial score (nSPS) is 10.6. The molecular weight excluding hydrogens is 418 g/mol. The van der Waals surface area contributed by atoms with Gasteiger partial charge in [0.05, 0.1) is 0 Å². The highest BCUT2D eigenvalue weighted by molar-refractivity contribution is 7.80. The van der Waals surface area contributed by atoms with Crippen molar-refractivity contribution >= 4 is 34.8 Å². The standard InChI is InChI=1S/C26H43N3O2S/c1-3-5-7-8-9-10-11-12-13-14-15-16-24(30)29-26(32)28-23-19-17-22(18-20-23)25(31)27-21-6-4-2/h17-20H,3-16,21H2,1-2H3,(H,27,31)(H2,28,29,30,32). The van der Waals surface area contributed by atoms with Gasteiger partial charge in [0.15, 0.2) is 5.11 Å². The summed E-state index contributed by atoms with van der Waals surface area (Å²) in [6.45, 7) is 5.03. The molecule has 1 aromatic carbocycles. The van der Waals surface area contributed by atoms with Crippen LogP contribution < -0.4 is 16.0 Å². The first kappa shape index (κ1) is 28.1. The molecule has 2 amide bonds. The van der Waals surface area contributed by atoms with Crippen molar-refractivity contribution in [2.75, 3.05) is 11.9 Å². The van der Waals surface area contributed by atoms with Gasteiger partial charge in [0, 0.05) is 24.2 Å². The smallest absolute Gasteiger partial charge is 0.251 e. The average molecular weight is 462 g/mol. The van der Waals surface area contributed by atoms with Gasteiger partial charge in [-0.05, 0) is 49.3 Å². The molecule has 0 spiro atoms. The number of carbonyl (C=O) groups excluding carboxylic acids is 2. The molecule has 0 fully saturated rings. The molecule has 3 N–H and O–H groups in total. The average Bonchev–Trinajstić information content (AvgIpc) is 2.78. The number of amides is 2. The largest absolute Gasteiger partial charge is 0.352 e. The fourth-order valence-corrected chi connectivity index (χ4v) is 3.72. The summed E-state index contributed by atoms with van der Waals surface area (Å²) < 4.78 is 0. The molecule has 0 radical (unpaired) electrons. The quantitative estimate of drug-likeness (QED) is 0.178. The number of carbonyl (C=O) groups is 2. The first-order chi connectivity index (χ1) is 15.6. The molecule has 0 unspecified atom stereocenters. The second-order valence-corrected chi connectivity index (χ2v) is 8.88. The summed E-state index contributed by atoms with van der Waals surface area (Å²) in [6, 6.07) is 7.08. The van der Waals surface area contributed by atoms with Crippen LogP contribution in [0, 0.1) is 0 Å². The molecule has 1 aromatic rings. The highest BCUT2D eigenvalue weighted by Gasteiger charge is 2.07. The number of thiocarbonyl (C=S) groups is 1. The van der Waals surface area contributed by atoms with Crippen LogP contribution in [0.15, 0.2) is 24.3 Å². The van der Waals surface area contributed by atoms with E-state index in [1.165, 1.54) is 57.8 Å². The van der Waals surface area contributed by atoms with Crippen molar-refractivity contribution in [3.63, 3.8) is 0 Å². The topological polar surface area (TPSA) is 70.2 Å². The molecule has 5 nitrogen and oxygen atoms in total. The third-order valence-electron chi connectivity index (χ3n) is 5.48. The fraction of sp³-hybridized carbons (Fsp3) is 0.654. The van der Waals surface area contributed by atoms with E-state index in [0.717, 1.165) is 31.4 Å². The van der Waals surface area contributed by atoms with Crippen LogP contribution in [0.4, 0.5) is 5.69 Å². The first-order valence-electron chi connectivity index (χ1n) is 12.6. The van der Waals surface area contributed by atoms with Gasteiger partial charge in [-0.2, -0.15) is 0 Å². The lowest BCUT2D eigenvalue weighted by molar-refractivity contribution is -0.119. The van der Waals surface area contributed by atoms with Crippen LogP contribution >= 0.6 is 12.2 Å². The maximum atomic E-state index is 12.1. The van der Waals surface area contributed by atoms with E-state index in [-0.39, 0.29) is 11.8 Å². The molecule has 1 rings (SSSR count). The number of hydrogen-bond acceptors (Lipinski definition) is 3. The Hall–Kier alpha value is -1.95. The SMILES string of the molecule is CCCCCCCCCCCCCC(=O)NC(=S)Nc1ccc(C(=O)NCCCC)cc1. The first-order valence-corrected chi connectivity index (χ1v) is 13.0. The van der Waals surface area contributed by atoms with Crippen LogP contribution in [0.1, 0.15) is 114 Å². The summed E-state index contributed by atoms with van der Waals surface area (Å²) in [5.41, 5.74) is 1.35. The van der Waals surface area contributed by atoms with Gasteiger partial charge >= 0.3 is 0 Å². The van der Waals surface area contributed by atoms with Gasteiger partial charge in [-0.1, -0.05) is 84.5 Å². The van der Waals surface area contributed by atoms with Crippen molar-refractivity contribution in [2.24, 2.45) is 0 Å². The minimum absolute atomic E-state index is 0.0506. The molecule has 0 saturated heterocycles. The lowest BCUT2D eigenvalue weighted by Crippen LogP contribution is -2.33. The molecule has 0 heterocycles. The van der Waals surface area contributed by atoms with E-state index < -0.39 is 0 Å². The van der Waals surface area contributed by atoms with Crippen molar-refractivity contribution in [3.8, 4) is 0 Å². The molecule has 0 aliphatic heterocycles. The Kier molecular flexibility index (Phi) is 16.3. The van der Waals surface area contributed by atoms with E-state index in [4.69, 9.17) is 12.2 Å². The molecule has 180 valence electrons. The lowest BCUT2D eigenvalue weighted by atomic mass is 10.1. The van der Waals surface area contributed by atoms with Crippen LogP contribution in [0.3, 0.4) is 0 Å². The van der Waals surface area contributed by atoms with E-state index in [2.05, 4.69) is 29.8 Å². The maximum Gasteiger partial charge on any atom is 0.251 e. The molecule has 0 bridgehead atoms. The van der Waals surface area contributed by atoms with Gasteiger partial charge in [0.2, 0.25) is 5.91 Å². The monoisotopic (exact) mass is 461 g/mol. The molecular formula is C26H43N3O2S. The number of anilines is 1. The minimum atomic E-state index is -0.0761. The zero-order chi connectivity index (χ0) is 23.4. The maximum absolute atomic E-state index is 12.1. The zero-order valence-corrected chi connectivity index (χ0v) is 21.0. The highest BCUT2D eigenvalue weighted by Crippen LogP contribution is 2.12. The van der Waals surface area contributed by atoms with E-state index in [0.29, 0.717) is 23.6 Å². The number of hydrogen-bond donors (Lipinski definition) is 3. The van der Waals surface area contributed by atoms with Gasteiger partial charge in [-0.3, -0.25) is 9.59 Å². The minimum Gasteiger partial charge on any atom is -0.352 e. The number of benzene rings is 1. The predicted molar refractivity (Wildman–Crippen MR) is 139 cm³/mol. The van der Waals surface area contributed by atoms with Crippen LogP contribution in [0.2, 0.25) is 0 Å². The summed E-state index contributed by atoms with van der Waals surface area (Å²) in [5.74, 6) is -0.127. The number of nitrogens with one attached hydrogen (secondary N) is 3. The molecule has 32 heavy (non-hydrogen) atoms. The highest BCUT2D eigenvalue weighted by atomic mass is 32.1. The molecule has 0 saturated carbocycles. The van der Waals surface area contributed by atoms with Gasteiger partial charge in [0.25, 0.3) is 5.91 Å². The number of rotatable bonds is 17. The fourth-order valence-electron chi connectivity index (χ4n) is 3.49. The summed E-state index contributed by atoms with van der Waals surface area (Å²) in [7, 11) is 0. The van der Waals surface area contributed by atoms with Crippen molar-refractivity contribution in [2.45, 2.75) is 104 Å². The third kappa shape index (κ3) is 14.2. The Morgan fingerprint density at radius 3 is 1.84 bits per heavy atom. The van der Waals surface area contributed by atoms with Gasteiger partial charge < -0.3 is 16.0 Å². The molecule has 0 aromatic heterocycles. The van der Waals surface area contributed by atoms with Crippen molar-refractivity contribution in [3.05, 3.63) is 29.8 Å². The Morgan fingerprint density at radius 1 is 0.750 bits per heavy atom. The van der Waals surface area contributed by atoms with E-state index in [1.807, 2.05) is 0 Å². The van der Waals surface area contributed by atoms with Crippen LogP contribution in [-0.4, -0.2) is 23.5 Å². The van der Waals surface area contributed by atoms with Crippen LogP contribution in [0.25, 0.3) is 0 Å². The van der Waals surface area contributed by atoms with Crippen molar-refractivity contribution in [1.29, 1.82) is 0 Å². The Balaban J connectivity index is 2.11. The molecule has 6 heteroatoms. The summed E-state index contributed by atoms with van der Waals surface area (Å²) in [5, 5.41) is 8.92. The Bertz CT molecular complexity index is 662. The van der Waals surface area contributed by atoms with Crippen LogP contribution in [0.5, 0.6) is 0 Å². The summed E-state index contributed by atoms with van der Waals surface area (Å²) in [6.07, 6.45) is 16.4. The van der Waals surface area contributed by atoms with E-state index >= 15 is 0 Å². The van der Waals surface area contributed by atoms with E-state index in [1.54, 1.807) is 24.3 Å². The lowest BCUT2D eigenvalue weighted by Gasteiger charge is -2.10. The zero-order valence-electron chi connectivity index (χ0n) is 20.1. The van der Waals surface area contributed by atoms with Gasteiger partial charge in [-0.25, -0.2) is 0 Å². The summed E-state index contributed by atoms with van der Waals surface area (Å²) >= 11 is 5.23. The second kappa shape index (κ2) is 18.6. The number of unbranched alkanes of at least 4 members (excludes halogenated alkanes) is 11. The Labute approximate surface area is 200 Å². The molecule has 0 atom stereocenters. The van der Waals surface area contributed by atoms with Gasteiger partial charge in [0.1, 0.15) is 0 Å².